The van der Waals surface area contributed by atoms with E-state index >= 15 is 0 Å². The molecular weight excluding hydrogens is 382 g/mol. The van der Waals surface area contributed by atoms with Gasteiger partial charge in [0.05, 0.1) is 19.2 Å². The highest BCUT2D eigenvalue weighted by molar-refractivity contribution is 5.89. The van der Waals surface area contributed by atoms with Crippen molar-refractivity contribution in [3.8, 4) is 5.75 Å². The Balaban J connectivity index is 1.18. The van der Waals surface area contributed by atoms with Crippen LogP contribution in [0.1, 0.15) is 41.3 Å². The molecule has 0 aliphatic carbocycles. The van der Waals surface area contributed by atoms with Crippen LogP contribution in [0.3, 0.4) is 0 Å². The lowest BCUT2D eigenvalue weighted by molar-refractivity contribution is 0.0600. The molecule has 4 rings (SSSR count). The van der Waals surface area contributed by atoms with E-state index in [-0.39, 0.29) is 5.97 Å². The number of benzene rings is 1. The van der Waals surface area contributed by atoms with Gasteiger partial charge in [-0.15, -0.1) is 10.2 Å². The lowest BCUT2D eigenvalue weighted by Gasteiger charge is -2.34. The molecule has 0 bridgehead atoms. The molecular formula is C22H31N5O3. The predicted octanol–water partition coefficient (Wildman–Crippen LogP) is 1.99. The molecule has 162 valence electrons. The van der Waals surface area contributed by atoms with Crippen molar-refractivity contribution in [2.24, 2.45) is 0 Å². The fourth-order valence-electron chi connectivity index (χ4n) is 4.13. The number of carbonyl (C=O) groups excluding carboxylic acids is 1. The first-order valence-electron chi connectivity index (χ1n) is 10.9. The molecule has 8 nitrogen and oxygen atoms in total. The Morgan fingerprint density at radius 2 is 1.73 bits per heavy atom. The summed E-state index contributed by atoms with van der Waals surface area (Å²) in [6.07, 6.45) is 4.82. The second kappa shape index (κ2) is 10.0. The van der Waals surface area contributed by atoms with Crippen molar-refractivity contribution in [2.75, 3.05) is 46.4 Å². The first-order valence-corrected chi connectivity index (χ1v) is 10.9. The Bertz CT molecular complexity index is 828. The van der Waals surface area contributed by atoms with Gasteiger partial charge in [0.2, 0.25) is 0 Å². The monoisotopic (exact) mass is 413 g/mol. The molecule has 2 aliphatic rings. The number of ether oxygens (including phenoxy) is 2. The summed E-state index contributed by atoms with van der Waals surface area (Å²) in [6, 6.07) is 7.08. The zero-order chi connectivity index (χ0) is 20.8. The molecule has 0 N–H and O–H groups in total. The minimum Gasteiger partial charge on any atom is -0.492 e. The molecule has 8 heteroatoms. The van der Waals surface area contributed by atoms with Crippen LogP contribution in [0.25, 0.3) is 0 Å². The highest BCUT2D eigenvalue weighted by Crippen LogP contribution is 2.16. The number of fused-ring (bicyclic) bond motifs is 1. The molecule has 2 aliphatic heterocycles. The minimum absolute atomic E-state index is 0.332. The summed E-state index contributed by atoms with van der Waals surface area (Å²) in [5, 5.41) is 8.89. The maximum absolute atomic E-state index is 11.5. The van der Waals surface area contributed by atoms with Crippen molar-refractivity contribution in [2.45, 2.75) is 38.8 Å². The Labute approximate surface area is 177 Å². The molecule has 0 amide bonds. The summed E-state index contributed by atoms with van der Waals surface area (Å²) < 4.78 is 12.9. The maximum Gasteiger partial charge on any atom is 0.337 e. The molecule has 2 aromatic rings. The number of carbonyl (C=O) groups is 1. The molecule has 0 unspecified atom stereocenters. The zero-order valence-electron chi connectivity index (χ0n) is 17.8. The molecule has 0 radical (unpaired) electrons. The standard InChI is InChI=1S/C22H31N5O3/c1-29-22(28)18-6-8-19(9-7-18)30-16-15-25-11-13-26(14-12-25)17-21-24-23-20-5-3-2-4-10-27(20)21/h6-9H,2-5,10-17H2,1H3. The average molecular weight is 414 g/mol. The van der Waals surface area contributed by atoms with Crippen molar-refractivity contribution >= 4 is 5.97 Å². The van der Waals surface area contributed by atoms with Gasteiger partial charge in [-0.05, 0) is 37.1 Å². The SMILES string of the molecule is COC(=O)c1ccc(OCCN2CCN(Cc3nnc4n3CCCCC4)CC2)cc1. The first kappa shape index (κ1) is 20.8. The number of hydrogen-bond acceptors (Lipinski definition) is 7. The van der Waals surface area contributed by atoms with Crippen molar-refractivity contribution in [3.05, 3.63) is 41.5 Å². The van der Waals surface area contributed by atoms with Gasteiger partial charge in [0.25, 0.3) is 0 Å². The summed E-state index contributed by atoms with van der Waals surface area (Å²) in [7, 11) is 1.38. The van der Waals surface area contributed by atoms with E-state index in [9.17, 15) is 4.79 Å². The van der Waals surface area contributed by atoms with Crippen LogP contribution in [0.15, 0.2) is 24.3 Å². The predicted molar refractivity (Wildman–Crippen MR) is 113 cm³/mol. The van der Waals surface area contributed by atoms with Crippen LogP contribution >= 0.6 is 0 Å². The Hall–Kier alpha value is -2.45. The zero-order valence-corrected chi connectivity index (χ0v) is 17.8. The molecule has 1 fully saturated rings. The van der Waals surface area contributed by atoms with Gasteiger partial charge < -0.3 is 14.0 Å². The van der Waals surface area contributed by atoms with Gasteiger partial charge in [0, 0.05) is 45.7 Å². The van der Waals surface area contributed by atoms with Crippen LogP contribution in [0.5, 0.6) is 5.75 Å². The van der Waals surface area contributed by atoms with Crippen LogP contribution in [0.2, 0.25) is 0 Å². The van der Waals surface area contributed by atoms with Crippen molar-refractivity contribution in [1.29, 1.82) is 0 Å². The van der Waals surface area contributed by atoms with E-state index in [1.165, 1.54) is 26.4 Å². The number of piperazine rings is 1. The molecule has 1 aromatic carbocycles. The van der Waals surface area contributed by atoms with Gasteiger partial charge in [0.15, 0.2) is 0 Å². The molecule has 3 heterocycles. The van der Waals surface area contributed by atoms with E-state index < -0.39 is 0 Å². The third kappa shape index (κ3) is 5.17. The number of rotatable bonds is 7. The Morgan fingerprint density at radius 1 is 0.967 bits per heavy atom. The highest BCUT2D eigenvalue weighted by Gasteiger charge is 2.21. The van der Waals surface area contributed by atoms with Crippen molar-refractivity contribution in [3.63, 3.8) is 0 Å². The van der Waals surface area contributed by atoms with E-state index in [0.29, 0.717) is 12.2 Å². The first-order chi connectivity index (χ1) is 14.7. The number of methoxy groups -OCH3 is 1. The highest BCUT2D eigenvalue weighted by atomic mass is 16.5. The second-order valence-electron chi connectivity index (χ2n) is 7.98. The van der Waals surface area contributed by atoms with Gasteiger partial charge in [-0.1, -0.05) is 6.42 Å². The number of aromatic nitrogens is 3. The smallest absolute Gasteiger partial charge is 0.337 e. The van der Waals surface area contributed by atoms with E-state index in [1.54, 1.807) is 12.1 Å². The van der Waals surface area contributed by atoms with E-state index in [4.69, 9.17) is 9.47 Å². The van der Waals surface area contributed by atoms with Crippen LogP contribution < -0.4 is 4.74 Å². The molecule has 1 aromatic heterocycles. The minimum atomic E-state index is -0.332. The Kier molecular flexibility index (Phi) is 6.96. The summed E-state index contributed by atoms with van der Waals surface area (Å²) in [6.45, 7) is 7.63. The topological polar surface area (TPSA) is 72.7 Å². The normalized spacial score (nSPS) is 17.9. The van der Waals surface area contributed by atoms with Gasteiger partial charge in [-0.25, -0.2) is 4.79 Å². The number of nitrogens with zero attached hydrogens (tertiary/aromatic N) is 5. The molecule has 0 atom stereocenters. The van der Waals surface area contributed by atoms with Crippen molar-refractivity contribution < 1.29 is 14.3 Å². The largest absolute Gasteiger partial charge is 0.492 e. The Morgan fingerprint density at radius 3 is 2.50 bits per heavy atom. The lowest BCUT2D eigenvalue weighted by atomic mass is 10.2. The van der Waals surface area contributed by atoms with Crippen LogP contribution in [-0.2, 0) is 24.2 Å². The van der Waals surface area contributed by atoms with E-state index in [2.05, 4.69) is 24.6 Å². The van der Waals surface area contributed by atoms with Gasteiger partial charge in [-0.3, -0.25) is 9.80 Å². The van der Waals surface area contributed by atoms with Gasteiger partial charge in [0.1, 0.15) is 24.0 Å². The van der Waals surface area contributed by atoms with Gasteiger partial charge >= 0.3 is 5.97 Å². The number of esters is 1. The van der Waals surface area contributed by atoms with Gasteiger partial charge in [-0.2, -0.15) is 0 Å². The van der Waals surface area contributed by atoms with E-state index in [0.717, 1.165) is 69.6 Å². The summed E-state index contributed by atoms with van der Waals surface area (Å²) in [5.74, 6) is 2.73. The summed E-state index contributed by atoms with van der Waals surface area (Å²) in [5.41, 5.74) is 0.533. The second-order valence-corrected chi connectivity index (χ2v) is 7.98. The lowest BCUT2D eigenvalue weighted by Crippen LogP contribution is -2.47. The molecule has 30 heavy (non-hydrogen) atoms. The third-order valence-corrected chi connectivity index (χ3v) is 5.97. The molecule has 1 saturated heterocycles. The fraction of sp³-hybridized carbons (Fsp3) is 0.591. The van der Waals surface area contributed by atoms with Crippen LogP contribution in [-0.4, -0.2) is 77.0 Å². The average Bonchev–Trinajstić information content (AvgIpc) is 3.00. The third-order valence-electron chi connectivity index (χ3n) is 5.97. The summed E-state index contributed by atoms with van der Waals surface area (Å²) >= 11 is 0. The summed E-state index contributed by atoms with van der Waals surface area (Å²) in [4.78, 5) is 16.4. The van der Waals surface area contributed by atoms with Crippen LogP contribution in [0.4, 0.5) is 0 Å². The van der Waals surface area contributed by atoms with Crippen LogP contribution in [0, 0.1) is 0 Å². The quantitative estimate of drug-likeness (QED) is 0.643. The maximum atomic E-state index is 11.5. The van der Waals surface area contributed by atoms with Crippen molar-refractivity contribution in [1.82, 2.24) is 24.6 Å². The van der Waals surface area contributed by atoms with E-state index in [1.807, 2.05) is 12.1 Å². The molecule has 0 saturated carbocycles. The fourth-order valence-corrected chi connectivity index (χ4v) is 4.13. The number of hydrogen-bond donors (Lipinski definition) is 0. The number of aryl methyl sites for hydroxylation is 1. The molecule has 0 spiro atoms.